The summed E-state index contributed by atoms with van der Waals surface area (Å²) in [4.78, 5) is 25.6. The van der Waals surface area contributed by atoms with E-state index in [1.54, 1.807) is 30.6 Å². The fourth-order valence-electron chi connectivity index (χ4n) is 5.09. The molecule has 9 heteroatoms. The van der Waals surface area contributed by atoms with Crippen LogP contribution in [0.3, 0.4) is 0 Å². The molecule has 4 heterocycles. The lowest BCUT2D eigenvalue weighted by Crippen LogP contribution is -2.20. The average molecular weight is 493 g/mol. The Bertz CT molecular complexity index is 1870. The minimum Gasteiger partial charge on any atom is -0.392 e. The van der Waals surface area contributed by atoms with Crippen molar-refractivity contribution in [2.45, 2.75) is 25.4 Å². The molecular formula is C28H21FN6O2. The van der Waals surface area contributed by atoms with Crippen LogP contribution in [0, 0.1) is 5.82 Å². The van der Waals surface area contributed by atoms with Gasteiger partial charge in [0.2, 0.25) is 0 Å². The first-order valence-electron chi connectivity index (χ1n) is 12.0. The van der Waals surface area contributed by atoms with Crippen LogP contribution in [0.25, 0.3) is 50.1 Å². The maximum absolute atomic E-state index is 15.1. The largest absolute Gasteiger partial charge is 0.392 e. The third-order valence-electron chi connectivity index (χ3n) is 7.07. The van der Waals surface area contributed by atoms with Gasteiger partial charge in [-0.15, -0.1) is 0 Å². The lowest BCUT2D eigenvalue weighted by Gasteiger charge is -2.16. The van der Waals surface area contributed by atoms with E-state index in [0.29, 0.717) is 39.5 Å². The zero-order chi connectivity index (χ0) is 25.1. The van der Waals surface area contributed by atoms with Crippen LogP contribution in [0.5, 0.6) is 0 Å². The molecule has 3 N–H and O–H groups in total. The molecule has 2 aromatic carbocycles. The lowest BCUT2D eigenvalue weighted by atomic mass is 10.00. The van der Waals surface area contributed by atoms with Crippen molar-refractivity contribution in [2.75, 3.05) is 0 Å². The highest BCUT2D eigenvalue weighted by Gasteiger charge is 2.25. The molecule has 0 bridgehead atoms. The number of fused-ring (bicyclic) bond motifs is 2. The molecule has 0 atom stereocenters. The van der Waals surface area contributed by atoms with Crippen molar-refractivity contribution in [3.05, 3.63) is 94.5 Å². The smallest absolute Gasteiger partial charge is 0.265 e. The van der Waals surface area contributed by atoms with E-state index >= 15 is 4.39 Å². The van der Waals surface area contributed by atoms with E-state index < -0.39 is 11.4 Å². The number of nitrogens with one attached hydrogen (secondary N) is 2. The van der Waals surface area contributed by atoms with E-state index in [9.17, 15) is 9.90 Å². The second kappa shape index (κ2) is 8.21. The first-order valence-corrected chi connectivity index (χ1v) is 12.0. The van der Waals surface area contributed by atoms with Crippen LogP contribution in [-0.2, 0) is 6.61 Å². The Kier molecular flexibility index (Phi) is 4.80. The third-order valence-corrected chi connectivity index (χ3v) is 7.07. The first-order chi connectivity index (χ1) is 18.1. The zero-order valence-corrected chi connectivity index (χ0v) is 19.6. The molecule has 182 valence electrons. The van der Waals surface area contributed by atoms with E-state index in [1.807, 2.05) is 24.3 Å². The van der Waals surface area contributed by atoms with Crippen molar-refractivity contribution in [3.63, 3.8) is 0 Å². The SMILES string of the molecule is O=c1c2c(F)cc(C3CC3)cc2ccn1-c1cccc(-c2ncnc3[nH]c(-c4ccn[nH]4)cc23)c1CO. The Labute approximate surface area is 209 Å². The van der Waals surface area contributed by atoms with Gasteiger partial charge in [0.15, 0.2) is 0 Å². The van der Waals surface area contributed by atoms with Crippen molar-refractivity contribution < 1.29 is 9.50 Å². The lowest BCUT2D eigenvalue weighted by molar-refractivity contribution is 0.282. The van der Waals surface area contributed by atoms with Crippen molar-refractivity contribution in [2.24, 2.45) is 0 Å². The standard InChI is InChI=1S/C28H21FN6O2/c29-21-11-17(15-4-5-15)10-16-7-9-35(28(37)25(16)21)24-3-1-2-18(20(24)13-36)26-19-12-23(22-6-8-32-34-22)33-27(19)31-14-30-26/h1-3,6-12,14-15,36H,4-5,13H2,(H,32,34)(H,30,31,33). The Balaban J connectivity index is 1.41. The number of aromatic amines is 2. The summed E-state index contributed by atoms with van der Waals surface area (Å²) >= 11 is 0. The van der Waals surface area contributed by atoms with Gasteiger partial charge in [0.1, 0.15) is 17.8 Å². The quantitative estimate of drug-likeness (QED) is 0.319. The summed E-state index contributed by atoms with van der Waals surface area (Å²) in [7, 11) is 0. The zero-order valence-electron chi connectivity index (χ0n) is 19.6. The van der Waals surface area contributed by atoms with Crippen LogP contribution in [0.1, 0.15) is 29.9 Å². The summed E-state index contributed by atoms with van der Waals surface area (Å²) in [6.45, 7) is -0.345. The molecule has 0 amide bonds. The molecule has 0 aliphatic heterocycles. The van der Waals surface area contributed by atoms with Crippen LogP contribution < -0.4 is 5.56 Å². The van der Waals surface area contributed by atoms with Gasteiger partial charge >= 0.3 is 0 Å². The molecule has 1 aliphatic rings. The summed E-state index contributed by atoms with van der Waals surface area (Å²) in [5.74, 6) is -0.137. The number of nitrogens with zero attached hydrogens (tertiary/aromatic N) is 4. The second-order valence-corrected chi connectivity index (χ2v) is 9.33. The monoisotopic (exact) mass is 492 g/mol. The van der Waals surface area contributed by atoms with Crippen LogP contribution in [0.15, 0.2) is 72.0 Å². The number of hydrogen-bond donors (Lipinski definition) is 3. The van der Waals surface area contributed by atoms with Crippen LogP contribution >= 0.6 is 0 Å². The number of halogens is 1. The van der Waals surface area contributed by atoms with Gasteiger partial charge in [-0.3, -0.25) is 14.5 Å². The minimum absolute atomic E-state index is 0.0421. The van der Waals surface area contributed by atoms with E-state index in [4.69, 9.17) is 0 Å². The fraction of sp³-hybridized carbons (Fsp3) is 0.143. The van der Waals surface area contributed by atoms with Crippen LogP contribution in [-0.4, -0.2) is 34.8 Å². The number of aromatic nitrogens is 6. The van der Waals surface area contributed by atoms with Gasteiger partial charge in [-0.1, -0.05) is 18.2 Å². The maximum Gasteiger partial charge on any atom is 0.265 e. The summed E-state index contributed by atoms with van der Waals surface area (Å²) in [5.41, 5.74) is 4.91. The molecule has 4 aromatic heterocycles. The molecule has 0 unspecified atom stereocenters. The predicted octanol–water partition coefficient (Wildman–Crippen LogP) is 4.83. The number of aliphatic hydroxyl groups excluding tert-OH is 1. The number of H-pyrrole nitrogens is 2. The number of hydrogen-bond acceptors (Lipinski definition) is 5. The predicted molar refractivity (Wildman–Crippen MR) is 138 cm³/mol. The van der Waals surface area contributed by atoms with Crippen molar-refractivity contribution in [1.29, 1.82) is 0 Å². The number of pyridine rings is 1. The Morgan fingerprint density at radius 1 is 1.08 bits per heavy atom. The third kappa shape index (κ3) is 3.47. The van der Waals surface area contributed by atoms with E-state index in [-0.39, 0.29) is 12.0 Å². The van der Waals surface area contributed by atoms with Gasteiger partial charge in [0.25, 0.3) is 5.56 Å². The Morgan fingerprint density at radius 2 is 1.97 bits per heavy atom. The average Bonchev–Trinajstić information content (AvgIpc) is 3.43. The van der Waals surface area contributed by atoms with Gasteiger partial charge in [-0.25, -0.2) is 14.4 Å². The van der Waals surface area contributed by atoms with Crippen molar-refractivity contribution in [3.8, 4) is 28.3 Å². The van der Waals surface area contributed by atoms with Gasteiger partial charge in [0.05, 0.1) is 34.8 Å². The summed E-state index contributed by atoms with van der Waals surface area (Å²) in [5, 5.41) is 18.8. The summed E-state index contributed by atoms with van der Waals surface area (Å²) in [6, 6.07) is 14.3. The molecule has 1 aliphatic carbocycles. The molecule has 6 aromatic rings. The fourth-order valence-corrected chi connectivity index (χ4v) is 5.09. The van der Waals surface area contributed by atoms with Gasteiger partial charge in [-0.2, -0.15) is 5.10 Å². The van der Waals surface area contributed by atoms with Gasteiger partial charge in [0, 0.05) is 28.9 Å². The van der Waals surface area contributed by atoms with Gasteiger partial charge in [-0.05, 0) is 60.0 Å². The van der Waals surface area contributed by atoms with E-state index in [1.165, 1.54) is 17.0 Å². The number of aliphatic hydroxyl groups is 1. The highest BCUT2D eigenvalue weighted by molar-refractivity contribution is 5.95. The Morgan fingerprint density at radius 3 is 2.76 bits per heavy atom. The summed E-state index contributed by atoms with van der Waals surface area (Å²) in [6.07, 6.45) is 6.86. The molecule has 37 heavy (non-hydrogen) atoms. The maximum atomic E-state index is 15.1. The first kappa shape index (κ1) is 21.6. The van der Waals surface area contributed by atoms with Crippen molar-refractivity contribution >= 4 is 21.8 Å². The minimum atomic E-state index is -0.517. The number of rotatable bonds is 5. The number of benzene rings is 2. The topological polar surface area (TPSA) is 112 Å². The summed E-state index contributed by atoms with van der Waals surface area (Å²) < 4.78 is 16.5. The second-order valence-electron chi connectivity index (χ2n) is 9.33. The van der Waals surface area contributed by atoms with Crippen molar-refractivity contribution in [1.82, 2.24) is 29.7 Å². The molecule has 1 fully saturated rings. The van der Waals surface area contributed by atoms with E-state index in [0.717, 1.165) is 35.2 Å². The van der Waals surface area contributed by atoms with Gasteiger partial charge < -0.3 is 10.1 Å². The normalized spacial score (nSPS) is 13.6. The molecule has 7 rings (SSSR count). The van der Waals surface area contributed by atoms with Crippen LogP contribution in [0.2, 0.25) is 0 Å². The highest BCUT2D eigenvalue weighted by Crippen LogP contribution is 2.41. The molecule has 0 spiro atoms. The molecule has 1 saturated carbocycles. The molecule has 0 saturated heterocycles. The van der Waals surface area contributed by atoms with Crippen LogP contribution in [0.4, 0.5) is 4.39 Å². The molecular weight excluding hydrogens is 471 g/mol. The Hall–Kier alpha value is -4.63. The molecule has 0 radical (unpaired) electrons. The van der Waals surface area contributed by atoms with E-state index in [2.05, 4.69) is 25.1 Å². The highest BCUT2D eigenvalue weighted by atomic mass is 19.1. The molecule has 8 nitrogen and oxygen atoms in total.